The molecule has 2 rings (SSSR count). The maximum Gasteiger partial charge on any atom is 0.313 e. The minimum atomic E-state index is -0.128. The van der Waals surface area contributed by atoms with Gasteiger partial charge in [0.2, 0.25) is 0 Å². The van der Waals surface area contributed by atoms with Crippen LogP contribution >= 0.6 is 0 Å². The standard InChI is InChI=1S/C10H17NO3/c1-11-10(5-3-4-6-10)8(7-14-11)9(12)13-2/h8H,3-7H2,1-2H3. The molecular weight excluding hydrogens is 182 g/mol. The summed E-state index contributed by atoms with van der Waals surface area (Å²) < 4.78 is 4.82. The Labute approximate surface area is 84.1 Å². The molecule has 0 aromatic rings. The lowest BCUT2D eigenvalue weighted by molar-refractivity contribution is -0.152. The second-order valence-electron chi connectivity index (χ2n) is 4.18. The molecule has 0 radical (unpaired) electrons. The van der Waals surface area contributed by atoms with Gasteiger partial charge in [0.05, 0.1) is 19.3 Å². The van der Waals surface area contributed by atoms with E-state index in [2.05, 4.69) is 0 Å². The number of rotatable bonds is 1. The summed E-state index contributed by atoms with van der Waals surface area (Å²) in [5, 5.41) is 1.88. The summed E-state index contributed by atoms with van der Waals surface area (Å²) in [5.74, 6) is -0.226. The van der Waals surface area contributed by atoms with Gasteiger partial charge in [0.1, 0.15) is 5.92 Å². The molecule has 4 nitrogen and oxygen atoms in total. The lowest BCUT2D eigenvalue weighted by Gasteiger charge is -2.32. The van der Waals surface area contributed by atoms with Crippen LogP contribution in [0.4, 0.5) is 0 Å². The lowest BCUT2D eigenvalue weighted by Crippen LogP contribution is -2.46. The van der Waals surface area contributed by atoms with Crippen LogP contribution < -0.4 is 0 Å². The predicted octanol–water partition coefficient (Wildman–Crippen LogP) is 0.965. The Kier molecular flexibility index (Phi) is 2.49. The van der Waals surface area contributed by atoms with Crippen molar-refractivity contribution in [1.82, 2.24) is 5.06 Å². The molecule has 1 saturated carbocycles. The Morgan fingerprint density at radius 2 is 2.14 bits per heavy atom. The number of methoxy groups -OCH3 is 1. The number of nitrogens with zero attached hydrogens (tertiary/aromatic N) is 1. The summed E-state index contributed by atoms with van der Waals surface area (Å²) in [5.41, 5.74) is -0.0763. The van der Waals surface area contributed by atoms with Crippen molar-refractivity contribution >= 4 is 5.97 Å². The maximum atomic E-state index is 11.6. The van der Waals surface area contributed by atoms with Gasteiger partial charge < -0.3 is 4.74 Å². The van der Waals surface area contributed by atoms with E-state index in [-0.39, 0.29) is 17.4 Å². The first-order valence-corrected chi connectivity index (χ1v) is 5.15. The first kappa shape index (κ1) is 9.93. The molecule has 1 saturated heterocycles. The van der Waals surface area contributed by atoms with Crippen molar-refractivity contribution in [2.75, 3.05) is 20.8 Å². The summed E-state index contributed by atoms with van der Waals surface area (Å²) in [4.78, 5) is 17.1. The largest absolute Gasteiger partial charge is 0.469 e. The number of hydrogen-bond donors (Lipinski definition) is 0. The van der Waals surface area contributed by atoms with E-state index in [9.17, 15) is 4.79 Å². The molecule has 1 spiro atoms. The van der Waals surface area contributed by atoms with Crippen LogP contribution in [0.25, 0.3) is 0 Å². The summed E-state index contributed by atoms with van der Waals surface area (Å²) in [6, 6.07) is 0. The van der Waals surface area contributed by atoms with Crippen LogP contribution in [-0.4, -0.2) is 37.3 Å². The Balaban J connectivity index is 2.21. The molecule has 1 unspecified atom stereocenters. The second-order valence-corrected chi connectivity index (χ2v) is 4.18. The van der Waals surface area contributed by atoms with Crippen molar-refractivity contribution in [3.63, 3.8) is 0 Å². The third-order valence-corrected chi connectivity index (χ3v) is 3.67. The van der Waals surface area contributed by atoms with Crippen molar-refractivity contribution < 1.29 is 14.4 Å². The molecule has 14 heavy (non-hydrogen) atoms. The van der Waals surface area contributed by atoms with Crippen molar-refractivity contribution in [2.24, 2.45) is 5.92 Å². The average Bonchev–Trinajstić information content (AvgIpc) is 2.78. The van der Waals surface area contributed by atoms with Gasteiger partial charge in [-0.1, -0.05) is 12.8 Å². The van der Waals surface area contributed by atoms with E-state index in [1.54, 1.807) is 0 Å². The molecular formula is C10H17NO3. The molecule has 1 aliphatic heterocycles. The summed E-state index contributed by atoms with van der Waals surface area (Å²) in [6.45, 7) is 0.475. The quantitative estimate of drug-likeness (QED) is 0.590. The van der Waals surface area contributed by atoms with Crippen LogP contribution in [0.2, 0.25) is 0 Å². The van der Waals surface area contributed by atoms with Gasteiger partial charge in [-0.2, -0.15) is 5.06 Å². The van der Waals surface area contributed by atoms with Crippen molar-refractivity contribution in [1.29, 1.82) is 0 Å². The van der Waals surface area contributed by atoms with Crippen LogP contribution in [0.3, 0.4) is 0 Å². The maximum absolute atomic E-state index is 11.6. The molecule has 80 valence electrons. The average molecular weight is 199 g/mol. The highest BCUT2D eigenvalue weighted by atomic mass is 16.7. The van der Waals surface area contributed by atoms with E-state index < -0.39 is 0 Å². The molecule has 0 amide bonds. The topological polar surface area (TPSA) is 38.8 Å². The van der Waals surface area contributed by atoms with Crippen LogP contribution in [0.5, 0.6) is 0 Å². The summed E-state index contributed by atoms with van der Waals surface area (Å²) in [7, 11) is 3.37. The summed E-state index contributed by atoms with van der Waals surface area (Å²) in [6.07, 6.45) is 4.45. The zero-order chi connectivity index (χ0) is 10.2. The van der Waals surface area contributed by atoms with Gasteiger partial charge in [-0.05, 0) is 12.8 Å². The number of hydrogen-bond acceptors (Lipinski definition) is 4. The first-order valence-electron chi connectivity index (χ1n) is 5.15. The number of carbonyl (C=O) groups excluding carboxylic acids is 1. The first-order chi connectivity index (χ1) is 6.70. The van der Waals surface area contributed by atoms with Gasteiger partial charge in [-0.15, -0.1) is 0 Å². The van der Waals surface area contributed by atoms with Crippen LogP contribution in [0, 0.1) is 5.92 Å². The molecule has 1 aliphatic carbocycles. The van der Waals surface area contributed by atoms with Crippen LogP contribution in [0.15, 0.2) is 0 Å². The molecule has 0 aromatic heterocycles. The van der Waals surface area contributed by atoms with E-state index in [1.807, 2.05) is 12.1 Å². The molecule has 1 atom stereocenters. The van der Waals surface area contributed by atoms with Gasteiger partial charge in [0.15, 0.2) is 0 Å². The molecule has 2 fully saturated rings. The van der Waals surface area contributed by atoms with Crippen molar-refractivity contribution in [3.8, 4) is 0 Å². The summed E-state index contributed by atoms with van der Waals surface area (Å²) >= 11 is 0. The molecule has 2 aliphatic rings. The van der Waals surface area contributed by atoms with E-state index >= 15 is 0 Å². The minimum absolute atomic E-state index is 0.0763. The van der Waals surface area contributed by atoms with Crippen LogP contribution in [0.1, 0.15) is 25.7 Å². The Morgan fingerprint density at radius 3 is 2.71 bits per heavy atom. The molecule has 0 N–H and O–H groups in total. The number of hydroxylamine groups is 2. The Bertz CT molecular complexity index is 236. The molecule has 4 heteroatoms. The Hall–Kier alpha value is -0.610. The van der Waals surface area contributed by atoms with E-state index in [4.69, 9.17) is 9.57 Å². The van der Waals surface area contributed by atoms with E-state index in [0.29, 0.717) is 6.61 Å². The van der Waals surface area contributed by atoms with Gasteiger partial charge >= 0.3 is 5.97 Å². The number of carbonyl (C=O) groups is 1. The lowest BCUT2D eigenvalue weighted by atomic mass is 9.83. The highest BCUT2D eigenvalue weighted by Gasteiger charge is 2.53. The fourth-order valence-electron chi connectivity index (χ4n) is 2.77. The third kappa shape index (κ3) is 1.25. The van der Waals surface area contributed by atoms with Gasteiger partial charge in [-0.3, -0.25) is 9.63 Å². The fraction of sp³-hybridized carbons (Fsp3) is 0.900. The van der Waals surface area contributed by atoms with Crippen LogP contribution in [-0.2, 0) is 14.4 Å². The predicted molar refractivity (Wildman–Crippen MR) is 50.4 cm³/mol. The number of esters is 1. The van der Waals surface area contributed by atoms with Crippen molar-refractivity contribution in [2.45, 2.75) is 31.2 Å². The van der Waals surface area contributed by atoms with Gasteiger partial charge in [0, 0.05) is 7.05 Å². The second kappa shape index (κ2) is 3.51. The van der Waals surface area contributed by atoms with E-state index in [1.165, 1.54) is 20.0 Å². The zero-order valence-corrected chi connectivity index (χ0v) is 8.78. The van der Waals surface area contributed by atoms with Gasteiger partial charge in [-0.25, -0.2) is 0 Å². The monoisotopic (exact) mass is 199 g/mol. The third-order valence-electron chi connectivity index (χ3n) is 3.67. The molecule has 0 aromatic carbocycles. The highest BCUT2D eigenvalue weighted by molar-refractivity contribution is 5.74. The highest BCUT2D eigenvalue weighted by Crippen LogP contribution is 2.44. The smallest absolute Gasteiger partial charge is 0.313 e. The zero-order valence-electron chi connectivity index (χ0n) is 8.78. The fourth-order valence-corrected chi connectivity index (χ4v) is 2.77. The number of ether oxygens (including phenoxy) is 1. The normalized spacial score (nSPS) is 31.1. The SMILES string of the molecule is COC(=O)C1CON(C)C12CCCC2. The minimum Gasteiger partial charge on any atom is -0.469 e. The Morgan fingerprint density at radius 1 is 1.50 bits per heavy atom. The van der Waals surface area contributed by atoms with Gasteiger partial charge in [0.25, 0.3) is 0 Å². The van der Waals surface area contributed by atoms with E-state index in [0.717, 1.165) is 12.8 Å². The molecule has 0 bridgehead atoms. The van der Waals surface area contributed by atoms with Crippen molar-refractivity contribution in [3.05, 3.63) is 0 Å². The molecule has 1 heterocycles.